The third-order valence-electron chi connectivity index (χ3n) is 3.52. The summed E-state index contributed by atoms with van der Waals surface area (Å²) in [5.41, 5.74) is 1.68. The maximum atomic E-state index is 12.2. The molecule has 0 aromatic heterocycles. The number of rotatable bonds is 6. The number of carbonyl (C=O) groups excluding carboxylic acids is 2. The highest BCUT2D eigenvalue weighted by atomic mass is 16.5. The molecule has 1 aromatic carbocycles. The van der Waals surface area contributed by atoms with E-state index in [0.717, 1.165) is 12.0 Å². The Labute approximate surface area is 118 Å². The first-order valence-electron chi connectivity index (χ1n) is 6.80. The van der Waals surface area contributed by atoms with Crippen LogP contribution >= 0.6 is 0 Å². The van der Waals surface area contributed by atoms with E-state index in [1.165, 1.54) is 0 Å². The van der Waals surface area contributed by atoms with Gasteiger partial charge in [-0.25, -0.2) is 0 Å². The average Bonchev–Trinajstić information content (AvgIpc) is 2.80. The molecule has 0 bridgehead atoms. The van der Waals surface area contributed by atoms with Crippen molar-refractivity contribution >= 4 is 11.8 Å². The number of hydrogen-bond donors (Lipinski definition) is 1. The molecule has 1 heterocycles. The second-order valence-corrected chi connectivity index (χ2v) is 4.90. The zero-order valence-corrected chi connectivity index (χ0v) is 11.9. The van der Waals surface area contributed by atoms with Gasteiger partial charge in [0.25, 0.3) is 5.91 Å². The minimum Gasteiger partial charge on any atom is -0.385 e. The molecule has 0 saturated heterocycles. The summed E-state index contributed by atoms with van der Waals surface area (Å²) >= 11 is 0. The van der Waals surface area contributed by atoms with Crippen LogP contribution in [0, 0.1) is 0 Å². The van der Waals surface area contributed by atoms with E-state index in [9.17, 15) is 9.59 Å². The minimum atomic E-state index is -0.461. The van der Waals surface area contributed by atoms with E-state index >= 15 is 0 Å². The van der Waals surface area contributed by atoms with E-state index in [2.05, 4.69) is 5.32 Å². The molecule has 20 heavy (non-hydrogen) atoms. The van der Waals surface area contributed by atoms with Crippen LogP contribution in [0.1, 0.15) is 29.3 Å². The fourth-order valence-electron chi connectivity index (χ4n) is 2.31. The van der Waals surface area contributed by atoms with Crippen LogP contribution in [-0.4, -0.2) is 43.0 Å². The summed E-state index contributed by atoms with van der Waals surface area (Å²) in [6.45, 7) is 3.44. The van der Waals surface area contributed by atoms with Gasteiger partial charge >= 0.3 is 0 Å². The molecule has 5 heteroatoms. The van der Waals surface area contributed by atoms with E-state index < -0.39 is 6.04 Å². The van der Waals surface area contributed by atoms with Crippen molar-refractivity contribution in [3.8, 4) is 0 Å². The van der Waals surface area contributed by atoms with Crippen LogP contribution in [0.25, 0.3) is 0 Å². The molecule has 0 fully saturated rings. The summed E-state index contributed by atoms with van der Waals surface area (Å²) in [6, 6.07) is 7.02. The molecule has 0 aliphatic carbocycles. The molecule has 1 aromatic rings. The van der Waals surface area contributed by atoms with Gasteiger partial charge in [-0.2, -0.15) is 0 Å². The molecule has 0 saturated carbocycles. The van der Waals surface area contributed by atoms with E-state index in [-0.39, 0.29) is 11.8 Å². The second-order valence-electron chi connectivity index (χ2n) is 4.90. The zero-order chi connectivity index (χ0) is 14.5. The van der Waals surface area contributed by atoms with Gasteiger partial charge in [0.2, 0.25) is 5.91 Å². The molecule has 0 spiro atoms. The molecule has 5 nitrogen and oxygen atoms in total. The molecule has 2 amide bonds. The lowest BCUT2D eigenvalue weighted by Gasteiger charge is -2.23. The monoisotopic (exact) mass is 276 g/mol. The molecule has 1 aliphatic heterocycles. The van der Waals surface area contributed by atoms with Crippen LogP contribution in [-0.2, 0) is 16.1 Å². The second kappa shape index (κ2) is 6.52. The lowest BCUT2D eigenvalue weighted by Crippen LogP contribution is -2.45. The summed E-state index contributed by atoms with van der Waals surface area (Å²) in [5.74, 6) is -0.192. The molecule has 0 unspecified atom stereocenters. The van der Waals surface area contributed by atoms with Gasteiger partial charge in [-0.05, 0) is 25.0 Å². The predicted octanol–water partition coefficient (Wildman–Crippen LogP) is 1.18. The normalized spacial score (nSPS) is 15.1. The van der Waals surface area contributed by atoms with Crippen LogP contribution in [0.15, 0.2) is 24.3 Å². The van der Waals surface area contributed by atoms with Gasteiger partial charge in [-0.15, -0.1) is 0 Å². The van der Waals surface area contributed by atoms with E-state index in [1.807, 2.05) is 18.2 Å². The third-order valence-corrected chi connectivity index (χ3v) is 3.52. The lowest BCUT2D eigenvalue weighted by molar-refractivity contribution is -0.125. The molecule has 108 valence electrons. The molecular formula is C15H20N2O3. The molecule has 1 atom stereocenters. The van der Waals surface area contributed by atoms with Crippen molar-refractivity contribution in [2.24, 2.45) is 0 Å². The Morgan fingerprint density at radius 1 is 1.45 bits per heavy atom. The van der Waals surface area contributed by atoms with Crippen molar-refractivity contribution in [3.63, 3.8) is 0 Å². The van der Waals surface area contributed by atoms with Crippen LogP contribution < -0.4 is 5.32 Å². The molecule has 1 aliphatic rings. The summed E-state index contributed by atoms with van der Waals surface area (Å²) in [6.07, 6.45) is 0.767. The Morgan fingerprint density at radius 2 is 2.20 bits per heavy atom. The number of fused-ring (bicyclic) bond motifs is 1. The van der Waals surface area contributed by atoms with E-state index in [4.69, 9.17) is 4.74 Å². The van der Waals surface area contributed by atoms with Gasteiger partial charge in [-0.1, -0.05) is 18.2 Å². The maximum absolute atomic E-state index is 12.2. The smallest absolute Gasteiger partial charge is 0.255 e. The van der Waals surface area contributed by atoms with Gasteiger partial charge in [-0.3, -0.25) is 9.59 Å². The zero-order valence-electron chi connectivity index (χ0n) is 11.9. The molecule has 2 rings (SSSR count). The average molecular weight is 276 g/mol. The van der Waals surface area contributed by atoms with Gasteiger partial charge in [0.05, 0.1) is 0 Å². The van der Waals surface area contributed by atoms with E-state index in [0.29, 0.717) is 25.3 Å². The van der Waals surface area contributed by atoms with Crippen molar-refractivity contribution in [2.75, 3.05) is 20.3 Å². The Hall–Kier alpha value is -1.88. The number of nitrogens with one attached hydrogen (secondary N) is 1. The van der Waals surface area contributed by atoms with Crippen LogP contribution in [0.2, 0.25) is 0 Å². The summed E-state index contributed by atoms with van der Waals surface area (Å²) in [4.78, 5) is 25.9. The van der Waals surface area contributed by atoms with Crippen molar-refractivity contribution in [2.45, 2.75) is 25.9 Å². The number of ether oxygens (including phenoxy) is 1. The highest BCUT2D eigenvalue weighted by molar-refractivity contribution is 6.00. The first-order valence-corrected chi connectivity index (χ1v) is 6.80. The van der Waals surface area contributed by atoms with Crippen molar-refractivity contribution in [1.29, 1.82) is 0 Å². The number of carbonyl (C=O) groups is 2. The number of hydrogen-bond acceptors (Lipinski definition) is 3. The fourth-order valence-corrected chi connectivity index (χ4v) is 2.31. The molecule has 0 radical (unpaired) electrons. The number of methoxy groups -OCH3 is 1. The Bertz CT molecular complexity index is 502. The van der Waals surface area contributed by atoms with Crippen molar-refractivity contribution in [1.82, 2.24) is 10.2 Å². The van der Waals surface area contributed by atoms with Gasteiger partial charge in [0.15, 0.2) is 0 Å². The Morgan fingerprint density at radius 3 is 2.90 bits per heavy atom. The molecule has 1 N–H and O–H groups in total. The van der Waals surface area contributed by atoms with Crippen LogP contribution in [0.4, 0.5) is 0 Å². The fraction of sp³-hybridized carbons (Fsp3) is 0.467. The van der Waals surface area contributed by atoms with Crippen LogP contribution in [0.3, 0.4) is 0 Å². The predicted molar refractivity (Wildman–Crippen MR) is 75.3 cm³/mol. The summed E-state index contributed by atoms with van der Waals surface area (Å²) in [7, 11) is 1.63. The number of benzene rings is 1. The first kappa shape index (κ1) is 14.5. The summed E-state index contributed by atoms with van der Waals surface area (Å²) < 4.78 is 4.93. The Balaban J connectivity index is 1.93. The highest BCUT2D eigenvalue weighted by Gasteiger charge is 2.33. The highest BCUT2D eigenvalue weighted by Crippen LogP contribution is 2.24. The molecular weight excluding hydrogens is 256 g/mol. The van der Waals surface area contributed by atoms with Crippen molar-refractivity contribution in [3.05, 3.63) is 35.4 Å². The topological polar surface area (TPSA) is 58.6 Å². The van der Waals surface area contributed by atoms with Crippen molar-refractivity contribution < 1.29 is 14.3 Å². The first-order chi connectivity index (χ1) is 9.65. The Kier molecular flexibility index (Phi) is 4.74. The van der Waals surface area contributed by atoms with Gasteiger partial charge < -0.3 is 15.0 Å². The van der Waals surface area contributed by atoms with Gasteiger partial charge in [0, 0.05) is 32.4 Å². The minimum absolute atomic E-state index is 0.0693. The summed E-state index contributed by atoms with van der Waals surface area (Å²) in [5, 5.41) is 2.83. The number of nitrogens with zero attached hydrogens (tertiary/aromatic N) is 1. The van der Waals surface area contributed by atoms with Crippen LogP contribution in [0.5, 0.6) is 0 Å². The lowest BCUT2D eigenvalue weighted by atomic mass is 10.1. The largest absolute Gasteiger partial charge is 0.385 e. The maximum Gasteiger partial charge on any atom is 0.255 e. The quantitative estimate of drug-likeness (QED) is 0.794. The third kappa shape index (κ3) is 2.99. The van der Waals surface area contributed by atoms with E-state index in [1.54, 1.807) is 25.0 Å². The van der Waals surface area contributed by atoms with Gasteiger partial charge in [0.1, 0.15) is 6.04 Å². The number of amides is 2. The SMILES string of the molecule is COCCCNC(=O)[C@@H](C)N1Cc2ccccc2C1=O. The standard InChI is InChI=1S/C15H20N2O3/c1-11(14(18)16-8-5-9-20-2)17-10-12-6-3-4-7-13(12)15(17)19/h3-4,6-7,11H,5,8-10H2,1-2H3,(H,16,18)/t11-/m1/s1.